The second kappa shape index (κ2) is 7.14. The zero-order valence-electron chi connectivity index (χ0n) is 16.3. The highest BCUT2D eigenvalue weighted by Gasteiger charge is 2.43. The van der Waals surface area contributed by atoms with Crippen LogP contribution in [0, 0.1) is 12.8 Å². The van der Waals surface area contributed by atoms with Gasteiger partial charge in [-0.2, -0.15) is 5.10 Å². The van der Waals surface area contributed by atoms with Gasteiger partial charge in [-0.1, -0.05) is 6.07 Å². The van der Waals surface area contributed by atoms with E-state index in [0.29, 0.717) is 23.5 Å². The monoisotopic (exact) mass is 377 g/mol. The van der Waals surface area contributed by atoms with Gasteiger partial charge in [0.25, 0.3) is 5.91 Å². The largest absolute Gasteiger partial charge is 0.307 e. The maximum absolute atomic E-state index is 13.2. The van der Waals surface area contributed by atoms with Crippen LogP contribution in [-0.4, -0.2) is 32.2 Å². The van der Waals surface area contributed by atoms with Gasteiger partial charge >= 0.3 is 0 Å². The number of hydrogen-bond donors (Lipinski definition) is 1. The molecule has 4 rings (SSSR count). The van der Waals surface area contributed by atoms with Crippen molar-refractivity contribution in [2.45, 2.75) is 39.0 Å². The normalized spacial score (nSPS) is 22.0. The van der Waals surface area contributed by atoms with Crippen molar-refractivity contribution in [2.24, 2.45) is 18.0 Å². The highest BCUT2D eigenvalue weighted by Crippen LogP contribution is 2.42. The molecule has 1 aliphatic carbocycles. The molecule has 1 fully saturated rings. The van der Waals surface area contributed by atoms with Crippen molar-refractivity contribution in [1.82, 2.24) is 14.8 Å². The van der Waals surface area contributed by atoms with Crippen LogP contribution in [0.1, 0.15) is 43.2 Å². The maximum Gasteiger partial charge on any atom is 0.255 e. The Kier molecular flexibility index (Phi) is 4.66. The predicted octanol–water partition coefficient (Wildman–Crippen LogP) is 2.94. The van der Waals surface area contributed by atoms with Gasteiger partial charge < -0.3 is 5.32 Å². The highest BCUT2D eigenvalue weighted by molar-refractivity contribution is 6.13. The zero-order valence-corrected chi connectivity index (χ0v) is 16.3. The summed E-state index contributed by atoms with van der Waals surface area (Å²) in [6, 6.07) is 3.66. The van der Waals surface area contributed by atoms with E-state index in [1.165, 1.54) is 0 Å². The molecule has 2 aliphatic rings. The molecular weight excluding hydrogens is 354 g/mol. The third kappa shape index (κ3) is 3.28. The first-order valence-corrected chi connectivity index (χ1v) is 9.47. The number of carbonyl (C=O) groups is 2. The van der Waals surface area contributed by atoms with E-state index in [9.17, 15) is 9.59 Å². The molecule has 2 aromatic rings. The lowest BCUT2D eigenvalue weighted by molar-refractivity contribution is -0.122. The number of nitrogens with zero attached hydrogens (tertiary/aromatic N) is 4. The van der Waals surface area contributed by atoms with Crippen LogP contribution in [0.3, 0.4) is 0 Å². The van der Waals surface area contributed by atoms with Crippen LogP contribution in [0.4, 0.5) is 5.82 Å². The molecule has 0 spiro atoms. The number of carbonyl (C=O) groups excluding carboxylic acids is 2. The summed E-state index contributed by atoms with van der Waals surface area (Å²) in [5, 5.41) is 7.14. The molecule has 7 nitrogen and oxygen atoms in total. The quantitative estimate of drug-likeness (QED) is 0.891. The number of allylic oxidation sites excluding steroid dienone is 1. The van der Waals surface area contributed by atoms with Gasteiger partial charge in [0, 0.05) is 48.8 Å². The van der Waals surface area contributed by atoms with E-state index < -0.39 is 5.92 Å². The van der Waals surface area contributed by atoms with Crippen molar-refractivity contribution in [3.05, 3.63) is 53.1 Å². The molecule has 2 atom stereocenters. The van der Waals surface area contributed by atoms with Crippen molar-refractivity contribution < 1.29 is 9.59 Å². The summed E-state index contributed by atoms with van der Waals surface area (Å²) in [7, 11) is 1.83. The molecule has 1 aliphatic heterocycles. The van der Waals surface area contributed by atoms with Gasteiger partial charge in [-0.15, -0.1) is 0 Å². The smallest absolute Gasteiger partial charge is 0.255 e. The second-order valence-corrected chi connectivity index (χ2v) is 7.50. The average Bonchev–Trinajstić information content (AvgIpc) is 3.08. The number of ketones is 1. The highest BCUT2D eigenvalue weighted by atomic mass is 16.2. The fourth-order valence-corrected chi connectivity index (χ4v) is 4.10. The van der Waals surface area contributed by atoms with Crippen LogP contribution in [0.25, 0.3) is 0 Å². The molecule has 1 amide bonds. The van der Waals surface area contributed by atoms with E-state index >= 15 is 0 Å². The third-order valence-electron chi connectivity index (χ3n) is 5.39. The van der Waals surface area contributed by atoms with Crippen molar-refractivity contribution >= 4 is 23.2 Å². The Balaban J connectivity index is 1.76. The van der Waals surface area contributed by atoms with Crippen LogP contribution in [0.5, 0.6) is 0 Å². The molecule has 2 unspecified atom stereocenters. The Bertz CT molecular complexity index is 1000. The molecule has 1 N–H and O–H groups in total. The standard InChI is InChI=1S/C21H23N5O2/c1-12-7-8-17(22-9-12)25-21(28)18-13(2)24-15-5-4-6-16(27)20(15)19(18)14-10-23-26(3)11-14/h7-11,19-20H,4-6H2,1-3H3,(H,22,25,28). The van der Waals surface area contributed by atoms with Crippen molar-refractivity contribution in [1.29, 1.82) is 0 Å². The summed E-state index contributed by atoms with van der Waals surface area (Å²) in [4.78, 5) is 35.0. The number of hydrogen-bond acceptors (Lipinski definition) is 5. The number of aryl methyl sites for hydroxylation is 2. The topological polar surface area (TPSA) is 89.2 Å². The average molecular weight is 377 g/mol. The van der Waals surface area contributed by atoms with Gasteiger partial charge in [-0.3, -0.25) is 19.3 Å². The first-order valence-electron chi connectivity index (χ1n) is 9.47. The number of nitrogens with one attached hydrogen (secondary N) is 1. The first kappa shape index (κ1) is 18.3. The molecule has 0 bridgehead atoms. The molecule has 144 valence electrons. The Morgan fingerprint density at radius 2 is 2.00 bits per heavy atom. The Morgan fingerprint density at radius 1 is 1.18 bits per heavy atom. The molecule has 0 radical (unpaired) electrons. The number of rotatable bonds is 3. The van der Waals surface area contributed by atoms with Crippen LogP contribution in [0.2, 0.25) is 0 Å². The molecule has 7 heteroatoms. The number of fused-ring (bicyclic) bond motifs is 1. The summed E-state index contributed by atoms with van der Waals surface area (Å²) in [6.45, 7) is 3.78. The number of pyridine rings is 1. The Morgan fingerprint density at radius 3 is 2.68 bits per heavy atom. The lowest BCUT2D eigenvalue weighted by Crippen LogP contribution is -2.39. The van der Waals surface area contributed by atoms with E-state index in [2.05, 4.69) is 20.4 Å². The fourth-order valence-electron chi connectivity index (χ4n) is 4.10. The lowest BCUT2D eigenvalue weighted by atomic mass is 9.70. The summed E-state index contributed by atoms with van der Waals surface area (Å²) in [5.41, 5.74) is 3.92. The van der Waals surface area contributed by atoms with Crippen LogP contribution in [-0.2, 0) is 16.6 Å². The van der Waals surface area contributed by atoms with Gasteiger partial charge in [-0.25, -0.2) is 4.98 Å². The third-order valence-corrected chi connectivity index (χ3v) is 5.39. The van der Waals surface area contributed by atoms with Gasteiger partial charge in [0.1, 0.15) is 11.6 Å². The van der Waals surface area contributed by atoms with E-state index in [0.717, 1.165) is 29.7 Å². The summed E-state index contributed by atoms with van der Waals surface area (Å²) < 4.78 is 1.69. The maximum atomic E-state index is 13.2. The zero-order chi connectivity index (χ0) is 19.8. The second-order valence-electron chi connectivity index (χ2n) is 7.50. The molecule has 0 saturated heterocycles. The fraction of sp³-hybridized carbons (Fsp3) is 0.381. The Hall–Kier alpha value is -3.09. The molecule has 0 aromatic carbocycles. The van der Waals surface area contributed by atoms with E-state index in [-0.39, 0.29) is 17.6 Å². The van der Waals surface area contributed by atoms with Crippen LogP contribution in [0.15, 0.2) is 47.0 Å². The number of amides is 1. The molecular formula is C21H23N5O2. The Labute approximate surface area is 163 Å². The van der Waals surface area contributed by atoms with E-state index in [4.69, 9.17) is 0 Å². The minimum Gasteiger partial charge on any atom is -0.307 e. The number of aromatic nitrogens is 3. The van der Waals surface area contributed by atoms with E-state index in [1.807, 2.05) is 33.2 Å². The number of aliphatic imine (C=N–C) groups is 1. The van der Waals surface area contributed by atoms with E-state index in [1.54, 1.807) is 23.1 Å². The van der Waals surface area contributed by atoms with Gasteiger partial charge in [0.2, 0.25) is 0 Å². The minimum absolute atomic E-state index is 0.144. The van der Waals surface area contributed by atoms with Gasteiger partial charge in [0.05, 0.1) is 12.1 Å². The van der Waals surface area contributed by atoms with Gasteiger partial charge in [-0.05, 0) is 43.9 Å². The van der Waals surface area contributed by atoms with Crippen molar-refractivity contribution in [3.8, 4) is 0 Å². The first-order chi connectivity index (χ1) is 13.4. The van der Waals surface area contributed by atoms with Gasteiger partial charge in [0.15, 0.2) is 0 Å². The predicted molar refractivity (Wildman–Crippen MR) is 106 cm³/mol. The van der Waals surface area contributed by atoms with Crippen LogP contribution >= 0.6 is 0 Å². The minimum atomic E-state index is -0.395. The number of Topliss-reactive ketones (excluding diaryl/α,β-unsaturated/α-hetero) is 1. The molecule has 28 heavy (non-hydrogen) atoms. The molecule has 3 heterocycles. The number of anilines is 1. The molecule has 2 aromatic heterocycles. The van der Waals surface area contributed by atoms with Crippen molar-refractivity contribution in [3.63, 3.8) is 0 Å². The van der Waals surface area contributed by atoms with Crippen molar-refractivity contribution in [2.75, 3.05) is 5.32 Å². The molecule has 1 saturated carbocycles. The summed E-state index contributed by atoms with van der Waals surface area (Å²) >= 11 is 0. The lowest BCUT2D eigenvalue weighted by Gasteiger charge is -2.35. The SMILES string of the molecule is CC1=C(C(=O)Nc2ccc(C)cn2)C(c2cnn(C)c2)C2C(=O)CCCC2=N1. The summed E-state index contributed by atoms with van der Waals surface area (Å²) in [5.74, 6) is -0.424. The van der Waals surface area contributed by atoms with Crippen LogP contribution < -0.4 is 5.32 Å². The summed E-state index contributed by atoms with van der Waals surface area (Å²) in [6.07, 6.45) is 7.44.